The molecular weight excluding hydrogens is 414 g/mol. The van der Waals surface area contributed by atoms with E-state index in [0.29, 0.717) is 33.2 Å². The molecule has 0 unspecified atom stereocenters. The Kier molecular flexibility index (Phi) is 6.89. The van der Waals surface area contributed by atoms with Crippen LogP contribution < -0.4 is 9.47 Å². The number of benzene rings is 1. The van der Waals surface area contributed by atoms with Crippen LogP contribution in [0.2, 0.25) is 0 Å². The molecular formula is C19H19N3O5S2. The molecule has 1 aliphatic rings. The maximum atomic E-state index is 12.7. The predicted octanol–water partition coefficient (Wildman–Crippen LogP) is 3.63. The zero-order valence-electron chi connectivity index (χ0n) is 15.8. The molecule has 2 aromatic rings. The molecule has 8 nitrogen and oxygen atoms in total. The summed E-state index contributed by atoms with van der Waals surface area (Å²) < 4.78 is 10.8. The molecule has 1 saturated heterocycles. The van der Waals surface area contributed by atoms with Crippen molar-refractivity contribution in [2.24, 2.45) is 4.99 Å². The molecule has 0 bridgehead atoms. The first-order valence-corrected chi connectivity index (χ1v) is 10.4. The van der Waals surface area contributed by atoms with Gasteiger partial charge in [-0.1, -0.05) is 6.07 Å². The third-order valence-corrected chi connectivity index (χ3v) is 5.55. The number of carbonyl (C=O) groups excluding carboxylic acids is 1. The Morgan fingerprint density at radius 1 is 1.38 bits per heavy atom. The number of aromatic nitrogens is 1. The number of thioether (sulfide) groups is 1. The topological polar surface area (TPSA) is 101 Å². The van der Waals surface area contributed by atoms with Gasteiger partial charge >= 0.3 is 5.97 Å². The summed E-state index contributed by atoms with van der Waals surface area (Å²) in [5, 5.41) is 11.8. The third kappa shape index (κ3) is 5.15. The van der Waals surface area contributed by atoms with Gasteiger partial charge in [-0.15, -0.1) is 11.3 Å². The number of ether oxygens (including phenoxy) is 2. The van der Waals surface area contributed by atoms with Crippen LogP contribution in [-0.4, -0.2) is 52.3 Å². The fourth-order valence-electron chi connectivity index (χ4n) is 2.52. The molecule has 1 aromatic heterocycles. The summed E-state index contributed by atoms with van der Waals surface area (Å²) in [7, 11) is 1.50. The quantitative estimate of drug-likeness (QED) is 0.634. The Labute approximate surface area is 175 Å². The zero-order valence-corrected chi connectivity index (χ0v) is 17.5. The van der Waals surface area contributed by atoms with E-state index in [0.717, 1.165) is 5.56 Å². The highest BCUT2D eigenvalue weighted by atomic mass is 32.2. The van der Waals surface area contributed by atoms with Gasteiger partial charge in [0.15, 0.2) is 16.7 Å². The molecule has 29 heavy (non-hydrogen) atoms. The van der Waals surface area contributed by atoms with Gasteiger partial charge in [-0.2, -0.15) is 4.99 Å². The highest BCUT2D eigenvalue weighted by molar-refractivity contribution is 8.18. The normalized spacial score (nSPS) is 16.6. The van der Waals surface area contributed by atoms with Crippen molar-refractivity contribution in [3.63, 3.8) is 0 Å². The lowest BCUT2D eigenvalue weighted by molar-refractivity contribution is -0.137. The van der Waals surface area contributed by atoms with Crippen LogP contribution in [0, 0.1) is 0 Å². The van der Waals surface area contributed by atoms with Gasteiger partial charge in [0.1, 0.15) is 0 Å². The number of rotatable bonds is 8. The second-order valence-corrected chi connectivity index (χ2v) is 7.65. The maximum absolute atomic E-state index is 12.7. The summed E-state index contributed by atoms with van der Waals surface area (Å²) in [6.07, 6.45) is 3.34. The van der Waals surface area contributed by atoms with Crippen molar-refractivity contribution in [2.75, 3.05) is 20.3 Å². The Morgan fingerprint density at radius 2 is 2.21 bits per heavy atom. The lowest BCUT2D eigenvalue weighted by Gasteiger charge is -2.11. The Hall–Kier alpha value is -2.85. The number of amidine groups is 1. The van der Waals surface area contributed by atoms with Crippen LogP contribution in [0.1, 0.15) is 18.9 Å². The Balaban J connectivity index is 1.81. The lowest BCUT2D eigenvalue weighted by Crippen LogP contribution is -2.28. The smallest absolute Gasteiger partial charge is 0.306 e. The summed E-state index contributed by atoms with van der Waals surface area (Å²) >= 11 is 2.70. The number of nitrogens with zero attached hydrogens (tertiary/aromatic N) is 3. The van der Waals surface area contributed by atoms with Crippen molar-refractivity contribution in [1.29, 1.82) is 0 Å². The van der Waals surface area contributed by atoms with Crippen molar-refractivity contribution in [2.45, 2.75) is 13.3 Å². The molecule has 3 rings (SSSR count). The van der Waals surface area contributed by atoms with Crippen molar-refractivity contribution in [3.05, 3.63) is 40.2 Å². The van der Waals surface area contributed by atoms with Gasteiger partial charge in [-0.25, -0.2) is 4.98 Å². The van der Waals surface area contributed by atoms with E-state index in [2.05, 4.69) is 9.98 Å². The summed E-state index contributed by atoms with van der Waals surface area (Å²) in [5.41, 5.74) is 0.759. The molecule has 1 N–H and O–H groups in total. The van der Waals surface area contributed by atoms with Crippen molar-refractivity contribution in [3.8, 4) is 11.5 Å². The van der Waals surface area contributed by atoms with Gasteiger partial charge in [-0.05, 0) is 42.5 Å². The summed E-state index contributed by atoms with van der Waals surface area (Å²) in [4.78, 5) is 34.1. The average Bonchev–Trinajstić information content (AvgIpc) is 3.31. The number of amides is 1. The van der Waals surface area contributed by atoms with Gasteiger partial charge in [0, 0.05) is 18.1 Å². The standard InChI is InChI=1S/C19H19N3O5S2/c1-3-22-17(25)15(29-19(22)21-18-20-7-9-28-18)11-12-4-5-13(14(10-12)26-2)27-8-6-16(23)24/h4-5,7,9-11H,3,6,8H2,1-2H3,(H,23,24)/b15-11+,21-19+. The van der Waals surface area contributed by atoms with E-state index in [1.54, 1.807) is 35.4 Å². The van der Waals surface area contributed by atoms with Gasteiger partial charge in [0.05, 0.1) is 25.0 Å². The Bertz CT molecular complexity index is 957. The number of carbonyl (C=O) groups is 2. The minimum atomic E-state index is -0.933. The van der Waals surface area contributed by atoms with Crippen LogP contribution in [0.25, 0.3) is 6.08 Å². The molecule has 1 aromatic carbocycles. The van der Waals surface area contributed by atoms with Gasteiger partial charge in [0.2, 0.25) is 5.13 Å². The average molecular weight is 434 g/mol. The third-order valence-electron chi connectivity index (χ3n) is 3.87. The fourth-order valence-corrected chi connectivity index (χ4v) is 4.12. The Morgan fingerprint density at radius 3 is 2.86 bits per heavy atom. The molecule has 0 radical (unpaired) electrons. The first-order chi connectivity index (χ1) is 14.0. The summed E-state index contributed by atoms with van der Waals surface area (Å²) in [5.74, 6) is -0.141. The molecule has 10 heteroatoms. The second kappa shape index (κ2) is 9.57. The highest BCUT2D eigenvalue weighted by Crippen LogP contribution is 2.36. The second-order valence-electron chi connectivity index (χ2n) is 5.77. The number of hydrogen-bond donors (Lipinski definition) is 1. The molecule has 2 heterocycles. The van der Waals surface area contributed by atoms with Gasteiger partial charge in [-0.3, -0.25) is 14.5 Å². The molecule has 1 aliphatic heterocycles. The van der Waals surface area contributed by atoms with E-state index in [1.165, 1.54) is 30.2 Å². The van der Waals surface area contributed by atoms with Crippen LogP contribution in [0.3, 0.4) is 0 Å². The van der Waals surface area contributed by atoms with E-state index in [4.69, 9.17) is 14.6 Å². The zero-order chi connectivity index (χ0) is 20.8. The van der Waals surface area contributed by atoms with Crippen molar-refractivity contribution < 1.29 is 24.2 Å². The number of aliphatic imine (C=N–C) groups is 1. The van der Waals surface area contributed by atoms with E-state index >= 15 is 0 Å². The fraction of sp³-hybridized carbons (Fsp3) is 0.263. The minimum Gasteiger partial charge on any atom is -0.493 e. The lowest BCUT2D eigenvalue weighted by atomic mass is 10.2. The van der Waals surface area contributed by atoms with Gasteiger partial charge < -0.3 is 14.6 Å². The molecule has 0 aliphatic carbocycles. The molecule has 0 saturated carbocycles. The van der Waals surface area contributed by atoms with Crippen molar-refractivity contribution >= 4 is 51.4 Å². The predicted molar refractivity (Wildman–Crippen MR) is 113 cm³/mol. The molecule has 0 spiro atoms. The van der Waals surface area contributed by atoms with Crippen LogP contribution in [0.4, 0.5) is 5.13 Å². The number of aliphatic carboxylic acids is 1. The maximum Gasteiger partial charge on any atom is 0.306 e. The van der Waals surface area contributed by atoms with E-state index in [-0.39, 0.29) is 18.9 Å². The first-order valence-electron chi connectivity index (χ1n) is 8.74. The number of carboxylic acid groups (broad SMARTS) is 1. The molecule has 0 atom stereocenters. The number of carboxylic acids is 1. The van der Waals surface area contributed by atoms with Crippen molar-refractivity contribution in [1.82, 2.24) is 9.88 Å². The minimum absolute atomic E-state index is 0.0442. The van der Waals surface area contributed by atoms with Crippen LogP contribution in [0.5, 0.6) is 11.5 Å². The van der Waals surface area contributed by atoms with Crippen LogP contribution in [0.15, 0.2) is 39.7 Å². The number of thiazole rings is 1. The number of likely N-dealkylation sites (N-methyl/N-ethyl adjacent to an activating group) is 1. The highest BCUT2D eigenvalue weighted by Gasteiger charge is 2.32. The van der Waals surface area contributed by atoms with Gasteiger partial charge in [0.25, 0.3) is 5.91 Å². The van der Waals surface area contributed by atoms with E-state index < -0.39 is 5.97 Å². The monoisotopic (exact) mass is 433 g/mol. The SMILES string of the molecule is CCN1C(=O)/C(=C\c2ccc(OCCC(=O)O)c(OC)c2)S/C1=N/c1nccs1. The number of hydrogen-bond acceptors (Lipinski definition) is 8. The summed E-state index contributed by atoms with van der Waals surface area (Å²) in [6, 6.07) is 5.22. The van der Waals surface area contributed by atoms with Crippen LogP contribution in [-0.2, 0) is 9.59 Å². The first kappa shape index (κ1) is 20.9. The van der Waals surface area contributed by atoms with E-state index in [9.17, 15) is 9.59 Å². The molecule has 1 fully saturated rings. The summed E-state index contributed by atoms with van der Waals surface area (Å²) in [6.45, 7) is 2.45. The number of methoxy groups -OCH3 is 1. The molecule has 1 amide bonds. The van der Waals surface area contributed by atoms with E-state index in [1.807, 2.05) is 12.3 Å². The molecule has 152 valence electrons. The van der Waals surface area contributed by atoms with Crippen LogP contribution >= 0.6 is 23.1 Å². The largest absolute Gasteiger partial charge is 0.493 e.